The van der Waals surface area contributed by atoms with E-state index in [9.17, 15) is 10.1 Å². The van der Waals surface area contributed by atoms with Gasteiger partial charge in [0.2, 0.25) is 6.39 Å². The Balaban J connectivity index is 1.85. The molecule has 3 aromatic rings. The van der Waals surface area contributed by atoms with Crippen LogP contribution in [0.1, 0.15) is 5.82 Å². The average Bonchev–Trinajstić information content (AvgIpc) is 3.00. The number of fused-ring (bicyclic) bond motifs is 1. The van der Waals surface area contributed by atoms with Crippen LogP contribution in [0.2, 0.25) is 0 Å². The fourth-order valence-electron chi connectivity index (χ4n) is 2.10. The van der Waals surface area contributed by atoms with Crippen molar-refractivity contribution in [2.24, 2.45) is 0 Å². The first-order valence-electron chi connectivity index (χ1n) is 6.26. The topological polar surface area (TPSA) is 107 Å². The van der Waals surface area contributed by atoms with Crippen molar-refractivity contribution in [3.63, 3.8) is 0 Å². The van der Waals surface area contributed by atoms with Crippen LogP contribution in [0, 0.1) is 10.1 Å². The van der Waals surface area contributed by atoms with Crippen molar-refractivity contribution in [3.05, 3.63) is 52.9 Å². The maximum Gasteiger partial charge on any atom is 0.278 e. The number of hydrogen-bond acceptors (Lipinski definition) is 7. The molecule has 0 aliphatic heterocycles. The normalized spacial score (nSPS) is 10.7. The summed E-state index contributed by atoms with van der Waals surface area (Å²) in [5, 5.41) is 19.2. The quantitative estimate of drug-likeness (QED) is 0.565. The van der Waals surface area contributed by atoms with Gasteiger partial charge in [-0.25, -0.2) is 0 Å². The third kappa shape index (κ3) is 2.64. The summed E-state index contributed by atoms with van der Waals surface area (Å²) < 4.78 is 4.66. The van der Waals surface area contributed by atoms with Gasteiger partial charge in [0.15, 0.2) is 5.82 Å². The van der Waals surface area contributed by atoms with Crippen molar-refractivity contribution in [2.75, 3.05) is 11.9 Å². The molecule has 1 N–H and O–H groups in total. The van der Waals surface area contributed by atoms with Crippen LogP contribution < -0.4 is 5.32 Å². The lowest BCUT2D eigenvalue weighted by atomic mass is 10.1. The molecular formula is C13H11N5O3. The summed E-state index contributed by atoms with van der Waals surface area (Å²) in [5.41, 5.74) is 0.850. The Labute approximate surface area is 119 Å². The minimum atomic E-state index is -0.410. The number of benzene rings is 1. The molecular weight excluding hydrogens is 274 g/mol. The molecule has 0 bridgehead atoms. The monoisotopic (exact) mass is 285 g/mol. The fraction of sp³-hybridized carbons (Fsp3) is 0.154. The van der Waals surface area contributed by atoms with E-state index >= 15 is 0 Å². The summed E-state index contributed by atoms with van der Waals surface area (Å²) in [7, 11) is 0. The van der Waals surface area contributed by atoms with Crippen LogP contribution in [0.5, 0.6) is 0 Å². The number of nitro benzene ring substituents is 1. The van der Waals surface area contributed by atoms with Crippen molar-refractivity contribution in [1.82, 2.24) is 15.1 Å². The zero-order chi connectivity index (χ0) is 14.7. The molecule has 0 unspecified atom stereocenters. The van der Waals surface area contributed by atoms with Gasteiger partial charge in [-0.05, 0) is 12.1 Å². The van der Waals surface area contributed by atoms with Crippen LogP contribution in [-0.4, -0.2) is 26.6 Å². The van der Waals surface area contributed by atoms with Crippen LogP contribution in [0.25, 0.3) is 10.8 Å². The molecule has 21 heavy (non-hydrogen) atoms. The molecule has 2 aromatic heterocycles. The van der Waals surface area contributed by atoms with Gasteiger partial charge in [-0.3, -0.25) is 15.1 Å². The maximum atomic E-state index is 11.0. The molecule has 3 rings (SSSR count). The summed E-state index contributed by atoms with van der Waals surface area (Å²) in [6.45, 7) is 0.592. The van der Waals surface area contributed by atoms with Crippen LogP contribution in [-0.2, 0) is 6.42 Å². The molecule has 8 nitrogen and oxygen atoms in total. The predicted octanol–water partition coefficient (Wildman–Crippen LogP) is 2.18. The largest absolute Gasteiger partial charge is 0.384 e. The zero-order valence-corrected chi connectivity index (χ0v) is 10.9. The van der Waals surface area contributed by atoms with Gasteiger partial charge in [-0.2, -0.15) is 4.98 Å². The van der Waals surface area contributed by atoms with E-state index in [1.807, 2.05) is 0 Å². The van der Waals surface area contributed by atoms with E-state index in [1.54, 1.807) is 18.3 Å². The summed E-state index contributed by atoms with van der Waals surface area (Å²) in [6, 6.07) is 4.91. The Morgan fingerprint density at radius 2 is 2.19 bits per heavy atom. The Morgan fingerprint density at radius 3 is 2.95 bits per heavy atom. The summed E-state index contributed by atoms with van der Waals surface area (Å²) in [5.74, 6) is 0.607. The molecule has 0 fully saturated rings. The smallest absolute Gasteiger partial charge is 0.278 e. The van der Waals surface area contributed by atoms with Gasteiger partial charge in [0.25, 0.3) is 5.69 Å². The second-order valence-electron chi connectivity index (χ2n) is 4.33. The Kier molecular flexibility index (Phi) is 3.42. The van der Waals surface area contributed by atoms with Crippen molar-refractivity contribution >= 4 is 22.1 Å². The van der Waals surface area contributed by atoms with Gasteiger partial charge in [-0.1, -0.05) is 5.16 Å². The SMILES string of the molecule is O=[N+]([O-])c1ccc(NCCc2ncon2)c2ccncc12. The molecule has 0 spiro atoms. The molecule has 0 saturated heterocycles. The van der Waals surface area contributed by atoms with Gasteiger partial charge in [0.05, 0.1) is 10.3 Å². The number of nitro groups is 1. The van der Waals surface area contributed by atoms with Crippen LogP contribution in [0.3, 0.4) is 0 Å². The molecule has 0 aliphatic rings. The van der Waals surface area contributed by atoms with Gasteiger partial charge < -0.3 is 9.84 Å². The highest BCUT2D eigenvalue weighted by molar-refractivity contribution is 5.99. The van der Waals surface area contributed by atoms with Gasteiger partial charge in [0, 0.05) is 42.5 Å². The standard InChI is InChI=1S/C13H11N5O3/c19-18(20)12-2-1-11(9-3-5-14-7-10(9)12)15-6-4-13-16-8-21-17-13/h1-3,5,7-8,15H,4,6H2. The van der Waals surface area contributed by atoms with E-state index in [1.165, 1.54) is 18.7 Å². The molecule has 0 radical (unpaired) electrons. The number of nitrogens with zero attached hydrogens (tertiary/aromatic N) is 4. The Hall–Kier alpha value is -3.03. The highest BCUT2D eigenvalue weighted by Gasteiger charge is 2.14. The minimum absolute atomic E-state index is 0.0433. The summed E-state index contributed by atoms with van der Waals surface area (Å²) in [4.78, 5) is 18.5. The van der Waals surface area contributed by atoms with E-state index in [-0.39, 0.29) is 5.69 Å². The fourth-order valence-corrected chi connectivity index (χ4v) is 2.10. The first-order valence-corrected chi connectivity index (χ1v) is 6.26. The van der Waals surface area contributed by atoms with Crippen LogP contribution in [0.4, 0.5) is 11.4 Å². The summed E-state index contributed by atoms with van der Waals surface area (Å²) >= 11 is 0. The molecule has 0 aliphatic carbocycles. The van der Waals surface area contributed by atoms with Gasteiger partial charge in [0.1, 0.15) is 0 Å². The first-order chi connectivity index (χ1) is 10.3. The second kappa shape index (κ2) is 5.53. The zero-order valence-electron chi connectivity index (χ0n) is 10.9. The first kappa shape index (κ1) is 13.0. The van der Waals surface area contributed by atoms with E-state index < -0.39 is 4.92 Å². The van der Waals surface area contributed by atoms with E-state index in [2.05, 4.69) is 25.0 Å². The van der Waals surface area contributed by atoms with Crippen molar-refractivity contribution in [3.8, 4) is 0 Å². The van der Waals surface area contributed by atoms with Crippen molar-refractivity contribution in [1.29, 1.82) is 0 Å². The van der Waals surface area contributed by atoms with Crippen molar-refractivity contribution < 1.29 is 9.45 Å². The predicted molar refractivity (Wildman–Crippen MR) is 74.9 cm³/mol. The van der Waals surface area contributed by atoms with E-state index in [0.29, 0.717) is 24.2 Å². The molecule has 106 valence electrons. The van der Waals surface area contributed by atoms with Crippen molar-refractivity contribution in [2.45, 2.75) is 6.42 Å². The Morgan fingerprint density at radius 1 is 1.29 bits per heavy atom. The third-order valence-corrected chi connectivity index (χ3v) is 3.06. The lowest BCUT2D eigenvalue weighted by molar-refractivity contribution is -0.383. The van der Waals surface area contributed by atoms with E-state index in [4.69, 9.17) is 0 Å². The highest BCUT2D eigenvalue weighted by Crippen LogP contribution is 2.30. The second-order valence-corrected chi connectivity index (χ2v) is 4.33. The number of nitrogens with one attached hydrogen (secondary N) is 1. The maximum absolute atomic E-state index is 11.0. The average molecular weight is 285 g/mol. The lowest BCUT2D eigenvalue weighted by Gasteiger charge is -2.08. The Bertz CT molecular complexity index is 773. The number of non-ortho nitro benzene ring substituents is 1. The minimum Gasteiger partial charge on any atom is -0.384 e. The lowest BCUT2D eigenvalue weighted by Crippen LogP contribution is -2.06. The van der Waals surface area contributed by atoms with Gasteiger partial charge in [-0.15, -0.1) is 0 Å². The summed E-state index contributed by atoms with van der Waals surface area (Å²) in [6.07, 6.45) is 4.98. The molecule has 0 saturated carbocycles. The van der Waals surface area contributed by atoms with Crippen LogP contribution >= 0.6 is 0 Å². The molecule has 2 heterocycles. The number of aromatic nitrogens is 3. The third-order valence-electron chi connectivity index (χ3n) is 3.06. The number of pyridine rings is 1. The number of hydrogen-bond donors (Lipinski definition) is 1. The number of rotatable bonds is 5. The highest BCUT2D eigenvalue weighted by atomic mass is 16.6. The van der Waals surface area contributed by atoms with E-state index in [0.717, 1.165) is 11.1 Å². The van der Waals surface area contributed by atoms with Crippen LogP contribution in [0.15, 0.2) is 41.5 Å². The van der Waals surface area contributed by atoms with Gasteiger partial charge >= 0.3 is 0 Å². The molecule has 0 amide bonds. The molecule has 0 atom stereocenters. The number of anilines is 1. The molecule has 8 heteroatoms. The molecule has 1 aromatic carbocycles.